The Labute approximate surface area is 113 Å². The number of nitrogens with one attached hydrogen (secondary N) is 1. The van der Waals surface area contributed by atoms with Gasteiger partial charge in [0.25, 0.3) is 0 Å². The molecule has 1 N–H and O–H groups in total. The van der Waals surface area contributed by atoms with Gasteiger partial charge in [-0.2, -0.15) is 18.0 Å². The summed E-state index contributed by atoms with van der Waals surface area (Å²) in [5, 5.41) is 14.5. The zero-order valence-electron chi connectivity index (χ0n) is 10.9. The molecule has 2 aromatic heterocycles. The summed E-state index contributed by atoms with van der Waals surface area (Å²) in [5.41, 5.74) is -0.276. The number of hydrogen-bond donors (Lipinski definition) is 1. The van der Waals surface area contributed by atoms with Gasteiger partial charge in [-0.1, -0.05) is 0 Å². The van der Waals surface area contributed by atoms with E-state index >= 15 is 0 Å². The molecule has 2 heterocycles. The van der Waals surface area contributed by atoms with Crippen LogP contribution in [0.4, 0.5) is 13.2 Å². The summed E-state index contributed by atoms with van der Waals surface area (Å²) < 4.78 is 37.4. The first kappa shape index (κ1) is 14.4. The maximum Gasteiger partial charge on any atom is 0.417 e. The molecule has 0 aliphatic rings. The Morgan fingerprint density at radius 3 is 2.55 bits per heavy atom. The number of rotatable bonds is 4. The van der Waals surface area contributed by atoms with Crippen LogP contribution in [0, 0.1) is 0 Å². The number of alkyl halides is 3. The lowest BCUT2D eigenvalue weighted by Crippen LogP contribution is -2.21. The van der Waals surface area contributed by atoms with E-state index in [0.717, 1.165) is 12.3 Å². The molecule has 1 atom stereocenters. The summed E-state index contributed by atoms with van der Waals surface area (Å²) in [7, 11) is 3.33. The van der Waals surface area contributed by atoms with Crippen molar-refractivity contribution in [3.63, 3.8) is 0 Å². The van der Waals surface area contributed by atoms with Crippen LogP contribution in [0.2, 0.25) is 0 Å². The first-order chi connectivity index (χ1) is 9.40. The van der Waals surface area contributed by atoms with Crippen LogP contribution in [0.5, 0.6) is 0 Å². The highest BCUT2D eigenvalue weighted by molar-refractivity contribution is 5.19. The van der Waals surface area contributed by atoms with Gasteiger partial charge in [0, 0.05) is 12.6 Å². The average Bonchev–Trinajstić information content (AvgIpc) is 2.81. The zero-order chi connectivity index (χ0) is 14.8. The first-order valence-electron chi connectivity index (χ1n) is 5.83. The fourth-order valence-corrected chi connectivity index (χ4v) is 1.72. The van der Waals surface area contributed by atoms with Crippen LogP contribution in [-0.2, 0) is 19.6 Å². The number of aryl methyl sites for hydroxylation is 1. The topological polar surface area (TPSA) is 68.5 Å². The van der Waals surface area contributed by atoms with Gasteiger partial charge < -0.3 is 5.32 Å². The molecule has 0 amide bonds. The molecule has 0 aromatic carbocycles. The Hall–Kier alpha value is -2.03. The third kappa shape index (κ3) is 3.29. The maximum atomic E-state index is 12.5. The van der Waals surface area contributed by atoms with Crippen LogP contribution in [0.1, 0.15) is 23.1 Å². The molecule has 2 rings (SSSR count). The van der Waals surface area contributed by atoms with Crippen molar-refractivity contribution in [2.45, 2.75) is 18.6 Å². The number of tetrazole rings is 1. The molecule has 108 valence electrons. The van der Waals surface area contributed by atoms with Crippen molar-refractivity contribution >= 4 is 0 Å². The summed E-state index contributed by atoms with van der Waals surface area (Å²) in [5.74, 6) is 0.494. The molecular formula is C11H13F3N6. The van der Waals surface area contributed by atoms with Crippen molar-refractivity contribution < 1.29 is 13.2 Å². The first-order valence-corrected chi connectivity index (χ1v) is 5.83. The minimum absolute atomic E-state index is 0.276. The Balaban J connectivity index is 2.15. The molecule has 0 aliphatic carbocycles. The van der Waals surface area contributed by atoms with Crippen molar-refractivity contribution in [2.75, 3.05) is 7.05 Å². The minimum Gasteiger partial charge on any atom is -0.311 e. The number of nitrogens with zero attached hydrogens (tertiary/aromatic N) is 5. The molecule has 0 saturated carbocycles. The fourth-order valence-electron chi connectivity index (χ4n) is 1.72. The highest BCUT2D eigenvalue weighted by Gasteiger charge is 2.31. The van der Waals surface area contributed by atoms with Crippen molar-refractivity contribution in [3.05, 3.63) is 35.4 Å². The van der Waals surface area contributed by atoms with Gasteiger partial charge >= 0.3 is 6.18 Å². The lowest BCUT2D eigenvalue weighted by atomic mass is 10.1. The van der Waals surface area contributed by atoms with Gasteiger partial charge in [-0.05, 0) is 24.4 Å². The van der Waals surface area contributed by atoms with Gasteiger partial charge in [-0.15, -0.1) is 10.2 Å². The molecule has 0 radical (unpaired) electrons. The normalized spacial score (nSPS) is 13.4. The Morgan fingerprint density at radius 1 is 1.35 bits per heavy atom. The summed E-state index contributed by atoms with van der Waals surface area (Å²) >= 11 is 0. The second-order valence-corrected chi connectivity index (χ2v) is 4.21. The average molecular weight is 286 g/mol. The van der Waals surface area contributed by atoms with E-state index in [1.165, 1.54) is 10.9 Å². The highest BCUT2D eigenvalue weighted by atomic mass is 19.4. The molecular weight excluding hydrogens is 273 g/mol. The molecule has 0 spiro atoms. The maximum absolute atomic E-state index is 12.5. The van der Waals surface area contributed by atoms with E-state index in [9.17, 15) is 13.2 Å². The molecule has 0 saturated heterocycles. The molecule has 0 aliphatic heterocycles. The van der Waals surface area contributed by atoms with Gasteiger partial charge in [0.15, 0.2) is 5.82 Å². The monoisotopic (exact) mass is 286 g/mol. The lowest BCUT2D eigenvalue weighted by molar-refractivity contribution is -0.137. The smallest absolute Gasteiger partial charge is 0.311 e. The molecule has 6 nitrogen and oxygen atoms in total. The van der Waals surface area contributed by atoms with Crippen LogP contribution in [0.3, 0.4) is 0 Å². The van der Waals surface area contributed by atoms with Gasteiger partial charge in [0.1, 0.15) is 0 Å². The number of likely N-dealkylation sites (N-methyl/N-ethyl adjacent to an activating group) is 1. The lowest BCUT2D eigenvalue weighted by Gasteiger charge is -2.14. The number of halogens is 3. The number of hydrogen-bond acceptors (Lipinski definition) is 5. The number of aromatic nitrogens is 5. The second kappa shape index (κ2) is 5.53. The predicted molar refractivity (Wildman–Crippen MR) is 63.5 cm³/mol. The van der Waals surface area contributed by atoms with E-state index in [0.29, 0.717) is 17.9 Å². The van der Waals surface area contributed by atoms with Crippen LogP contribution < -0.4 is 5.32 Å². The molecule has 0 bridgehead atoms. The minimum atomic E-state index is -4.38. The quantitative estimate of drug-likeness (QED) is 0.912. The standard InChI is InChI=1S/C11H13F3N6/c1-15-9(5-10-17-19-20(2)18-10)8-4-3-7(6-16-8)11(12,13)14/h3-4,6,9,15H,5H2,1-2H3. The van der Waals surface area contributed by atoms with Gasteiger partial charge in [-0.25, -0.2) is 0 Å². The van der Waals surface area contributed by atoms with E-state index in [1.807, 2.05) is 0 Å². The van der Waals surface area contributed by atoms with E-state index < -0.39 is 11.7 Å². The highest BCUT2D eigenvalue weighted by Crippen LogP contribution is 2.29. The summed E-state index contributed by atoms with van der Waals surface area (Å²) in [6, 6.07) is 2.08. The van der Waals surface area contributed by atoms with E-state index in [4.69, 9.17) is 0 Å². The Morgan fingerprint density at radius 2 is 2.10 bits per heavy atom. The summed E-state index contributed by atoms with van der Waals surface area (Å²) in [4.78, 5) is 5.18. The SMILES string of the molecule is CNC(Cc1nnn(C)n1)c1ccc(C(F)(F)F)cn1. The van der Waals surface area contributed by atoms with Crippen LogP contribution in [0.15, 0.2) is 18.3 Å². The van der Waals surface area contributed by atoms with Crippen molar-refractivity contribution in [2.24, 2.45) is 7.05 Å². The molecule has 0 fully saturated rings. The zero-order valence-corrected chi connectivity index (χ0v) is 10.9. The molecule has 1 unspecified atom stereocenters. The largest absolute Gasteiger partial charge is 0.417 e. The molecule has 20 heavy (non-hydrogen) atoms. The third-order valence-electron chi connectivity index (χ3n) is 2.76. The predicted octanol–water partition coefficient (Wildman–Crippen LogP) is 1.13. The van der Waals surface area contributed by atoms with Gasteiger partial charge in [0.2, 0.25) is 0 Å². The molecule has 9 heteroatoms. The van der Waals surface area contributed by atoms with E-state index in [1.54, 1.807) is 14.1 Å². The van der Waals surface area contributed by atoms with Crippen LogP contribution >= 0.6 is 0 Å². The Kier molecular flexibility index (Phi) is 3.98. The fraction of sp³-hybridized carbons (Fsp3) is 0.455. The van der Waals surface area contributed by atoms with Crippen LogP contribution in [-0.4, -0.2) is 32.2 Å². The van der Waals surface area contributed by atoms with Crippen molar-refractivity contribution in [1.29, 1.82) is 0 Å². The molecule has 2 aromatic rings. The third-order valence-corrected chi connectivity index (χ3v) is 2.76. The van der Waals surface area contributed by atoms with Crippen LogP contribution in [0.25, 0.3) is 0 Å². The summed E-state index contributed by atoms with van der Waals surface area (Å²) in [6.45, 7) is 0. The second-order valence-electron chi connectivity index (χ2n) is 4.21. The Bertz CT molecular complexity index is 562. The van der Waals surface area contributed by atoms with Crippen molar-refractivity contribution in [1.82, 2.24) is 30.5 Å². The van der Waals surface area contributed by atoms with Gasteiger partial charge in [0.05, 0.1) is 24.3 Å². The van der Waals surface area contributed by atoms with E-state index in [2.05, 4.69) is 25.7 Å². The van der Waals surface area contributed by atoms with Crippen molar-refractivity contribution in [3.8, 4) is 0 Å². The number of pyridine rings is 1. The van der Waals surface area contributed by atoms with Gasteiger partial charge in [-0.3, -0.25) is 4.98 Å². The summed E-state index contributed by atoms with van der Waals surface area (Å²) in [6.07, 6.45) is -3.17. The van der Waals surface area contributed by atoms with E-state index in [-0.39, 0.29) is 6.04 Å².